The van der Waals surface area contributed by atoms with Gasteiger partial charge in [-0.3, -0.25) is 0 Å². The molecule has 0 aliphatic rings. The van der Waals surface area contributed by atoms with Gasteiger partial charge in [0.2, 0.25) is 15.8 Å². The number of hydrogen-bond acceptors (Lipinski definition) is 4. The molecule has 0 N–H and O–H groups in total. The van der Waals surface area contributed by atoms with Crippen molar-refractivity contribution in [1.29, 1.82) is 0 Å². The molecule has 0 spiro atoms. The molecule has 0 aliphatic heterocycles. The number of ether oxygens (including phenoxy) is 2. The van der Waals surface area contributed by atoms with Crippen LogP contribution in [-0.4, -0.2) is 35.4 Å². The lowest BCUT2D eigenvalue weighted by Gasteiger charge is -2.22. The van der Waals surface area contributed by atoms with E-state index in [0.29, 0.717) is 0 Å². The summed E-state index contributed by atoms with van der Waals surface area (Å²) < 4.78 is 13.4. The van der Waals surface area contributed by atoms with Crippen LogP contribution in [0.5, 0.6) is 0 Å². The van der Waals surface area contributed by atoms with Gasteiger partial charge in [0.15, 0.2) is 5.41 Å². The summed E-state index contributed by atoms with van der Waals surface area (Å²) in [6.45, 7) is 1.75. The van der Waals surface area contributed by atoms with Gasteiger partial charge in [0.25, 0.3) is 0 Å². The maximum atomic E-state index is 9.72. The summed E-state index contributed by atoms with van der Waals surface area (Å²) in [5.41, 5.74) is -0.655. The second kappa shape index (κ2) is 4.35. The van der Waals surface area contributed by atoms with Gasteiger partial charge in [-0.1, -0.05) is 0 Å². The Morgan fingerprint density at radius 3 is 2.30 bits per heavy atom. The molecular weight excluding hydrogens is 150 g/mol. The fraction of sp³-hybridized carbons (Fsp3) is 0.800. The number of nitrogens with zero attached hydrogens (tertiary/aromatic N) is 1. The topological polar surface area (TPSA) is 47.9 Å². The zero-order valence-electron chi connectivity index (χ0n) is 6.38. The summed E-state index contributed by atoms with van der Waals surface area (Å²) in [5, 5.41) is 0. The number of methoxy groups -OCH3 is 2. The first-order valence-electron chi connectivity index (χ1n) is 2.82. The van der Waals surface area contributed by atoms with Crippen molar-refractivity contribution >= 4 is 15.8 Å². The summed E-state index contributed by atoms with van der Waals surface area (Å²) in [7, 11) is 2.03. The molecule has 0 aromatic carbocycles. The molecular formula is C5H11NO3Si. The molecule has 10 heavy (non-hydrogen) atoms. The minimum absolute atomic E-state index is 0.655. The quantitative estimate of drug-likeness (QED) is 0.239. The van der Waals surface area contributed by atoms with Gasteiger partial charge in [-0.05, 0) is 6.92 Å². The van der Waals surface area contributed by atoms with Crippen molar-refractivity contribution in [2.24, 2.45) is 4.66 Å². The van der Waals surface area contributed by atoms with Gasteiger partial charge in [0.05, 0.1) is 0 Å². The molecule has 0 radical (unpaired) electrons. The Labute approximate surface area is 62.1 Å². The molecule has 0 saturated heterocycles. The third-order valence-corrected chi connectivity index (χ3v) is 2.73. The monoisotopic (exact) mass is 161 g/mol. The summed E-state index contributed by atoms with van der Waals surface area (Å²) in [5.74, 6) is 0. The average molecular weight is 161 g/mol. The first-order valence-corrected chi connectivity index (χ1v) is 4.16. The third kappa shape index (κ3) is 2.89. The lowest BCUT2D eigenvalue weighted by Crippen LogP contribution is -2.35. The van der Waals surface area contributed by atoms with E-state index in [1.165, 1.54) is 20.3 Å². The van der Waals surface area contributed by atoms with E-state index in [-0.39, 0.29) is 0 Å². The summed E-state index contributed by atoms with van der Waals surface area (Å²) in [6, 6.07) is 0. The molecule has 0 amide bonds. The molecule has 0 aliphatic carbocycles. The maximum Gasteiger partial charge on any atom is 0.233 e. The van der Waals surface area contributed by atoms with Crippen molar-refractivity contribution in [3.05, 3.63) is 0 Å². The molecule has 5 heteroatoms. The molecule has 0 heterocycles. The summed E-state index contributed by atoms with van der Waals surface area (Å²) >= 11 is 0. The molecule has 0 bridgehead atoms. The van der Waals surface area contributed by atoms with E-state index >= 15 is 0 Å². The Balaban J connectivity index is 3.92. The van der Waals surface area contributed by atoms with Crippen molar-refractivity contribution in [1.82, 2.24) is 0 Å². The Morgan fingerprint density at radius 1 is 1.50 bits per heavy atom. The fourth-order valence-electron chi connectivity index (χ4n) is 0.388. The second-order valence-electron chi connectivity index (χ2n) is 1.95. The molecule has 4 nitrogen and oxygen atoms in total. The van der Waals surface area contributed by atoms with Crippen molar-refractivity contribution in [2.75, 3.05) is 14.2 Å². The fourth-order valence-corrected chi connectivity index (χ4v) is 0.998. The average Bonchev–Trinajstić information content (AvgIpc) is 2.00. The SMILES string of the molecule is COC(C)(OC)[SiH2]N=C=O. The molecule has 0 aromatic rings. The van der Waals surface area contributed by atoms with Crippen LogP contribution in [-0.2, 0) is 14.3 Å². The van der Waals surface area contributed by atoms with Gasteiger partial charge in [0.1, 0.15) is 0 Å². The standard InChI is InChI=1S/C5H11NO3Si/c1-5(8-2,9-3)10-6-4-7/h10H2,1-3H3. The largest absolute Gasteiger partial charge is 0.356 e. The minimum Gasteiger partial charge on any atom is -0.356 e. The predicted molar refractivity (Wildman–Crippen MR) is 39.1 cm³/mol. The van der Waals surface area contributed by atoms with Gasteiger partial charge >= 0.3 is 0 Å². The molecule has 0 saturated carbocycles. The Kier molecular flexibility index (Phi) is 4.14. The minimum atomic E-state index is -1.01. The van der Waals surface area contributed by atoms with E-state index in [1.54, 1.807) is 6.92 Å². The highest BCUT2D eigenvalue weighted by atomic mass is 28.2. The Hall–Kier alpha value is -0.483. The molecule has 0 aromatic heterocycles. The summed E-state index contributed by atoms with van der Waals surface area (Å²) in [4.78, 5) is 9.72. The normalized spacial score (nSPS) is 11.9. The van der Waals surface area contributed by atoms with E-state index in [2.05, 4.69) is 4.66 Å². The van der Waals surface area contributed by atoms with Crippen LogP contribution in [0.3, 0.4) is 0 Å². The lowest BCUT2D eigenvalue weighted by atomic mass is 10.7. The van der Waals surface area contributed by atoms with Crippen LogP contribution in [0.15, 0.2) is 4.66 Å². The Morgan fingerprint density at radius 2 is 2.00 bits per heavy atom. The first kappa shape index (κ1) is 9.52. The highest BCUT2D eigenvalue weighted by Crippen LogP contribution is 2.06. The van der Waals surface area contributed by atoms with Crippen LogP contribution in [0.1, 0.15) is 6.92 Å². The molecule has 58 valence electrons. The van der Waals surface area contributed by atoms with E-state index < -0.39 is 15.1 Å². The van der Waals surface area contributed by atoms with E-state index in [9.17, 15) is 4.79 Å². The third-order valence-electron chi connectivity index (χ3n) is 1.29. The maximum absolute atomic E-state index is 9.72. The van der Waals surface area contributed by atoms with Crippen molar-refractivity contribution in [3.63, 3.8) is 0 Å². The van der Waals surface area contributed by atoms with Crippen LogP contribution in [0, 0.1) is 0 Å². The van der Waals surface area contributed by atoms with E-state index in [0.717, 1.165) is 0 Å². The van der Waals surface area contributed by atoms with Crippen LogP contribution in [0.25, 0.3) is 0 Å². The number of hydrogen-bond donors (Lipinski definition) is 0. The predicted octanol–water partition coefficient (Wildman–Crippen LogP) is -0.628. The number of rotatable bonds is 4. The van der Waals surface area contributed by atoms with Gasteiger partial charge in [0, 0.05) is 14.2 Å². The smallest absolute Gasteiger partial charge is 0.233 e. The number of carbonyl (C=O) groups excluding carboxylic acids is 1. The van der Waals surface area contributed by atoms with Gasteiger partial charge in [-0.2, -0.15) is 0 Å². The zero-order chi connectivity index (χ0) is 8.04. The highest BCUT2D eigenvalue weighted by Gasteiger charge is 2.22. The first-order chi connectivity index (χ1) is 4.68. The van der Waals surface area contributed by atoms with Gasteiger partial charge < -0.3 is 9.47 Å². The molecule has 0 fully saturated rings. The van der Waals surface area contributed by atoms with E-state index in [1.807, 2.05) is 0 Å². The molecule has 0 rings (SSSR count). The zero-order valence-corrected chi connectivity index (χ0v) is 7.79. The summed E-state index contributed by atoms with van der Waals surface area (Å²) in [6.07, 6.45) is 1.47. The number of isocyanates is 1. The highest BCUT2D eigenvalue weighted by molar-refractivity contribution is 6.37. The van der Waals surface area contributed by atoms with Gasteiger partial charge in [-0.15, -0.1) is 0 Å². The van der Waals surface area contributed by atoms with Crippen molar-refractivity contribution < 1.29 is 14.3 Å². The van der Waals surface area contributed by atoms with Crippen molar-refractivity contribution in [2.45, 2.75) is 12.3 Å². The van der Waals surface area contributed by atoms with Crippen LogP contribution in [0.2, 0.25) is 0 Å². The van der Waals surface area contributed by atoms with E-state index in [4.69, 9.17) is 9.47 Å². The Bertz CT molecular complexity index is 140. The van der Waals surface area contributed by atoms with Crippen LogP contribution < -0.4 is 0 Å². The van der Waals surface area contributed by atoms with Crippen molar-refractivity contribution in [3.8, 4) is 0 Å². The van der Waals surface area contributed by atoms with Crippen LogP contribution >= 0.6 is 0 Å². The lowest BCUT2D eigenvalue weighted by molar-refractivity contribution is -0.130. The molecule has 0 unspecified atom stereocenters. The van der Waals surface area contributed by atoms with Gasteiger partial charge in [-0.25, -0.2) is 9.45 Å². The second-order valence-corrected chi connectivity index (χ2v) is 3.87. The van der Waals surface area contributed by atoms with Crippen LogP contribution in [0.4, 0.5) is 0 Å². The molecule has 0 atom stereocenters.